The van der Waals surface area contributed by atoms with Crippen molar-refractivity contribution in [1.82, 2.24) is 9.97 Å². The van der Waals surface area contributed by atoms with Gasteiger partial charge in [-0.05, 0) is 40.8 Å². The normalized spacial score (nSPS) is 11.1. The molecular formula is C15H20BrN3S. The fraction of sp³-hybridized carbons (Fsp3) is 0.467. The molecule has 1 N–H and O–H groups in total. The van der Waals surface area contributed by atoms with E-state index in [0.717, 1.165) is 46.1 Å². The summed E-state index contributed by atoms with van der Waals surface area (Å²) >= 11 is 5.15. The number of hydrogen-bond acceptors (Lipinski definition) is 4. The molecule has 0 aliphatic carbocycles. The van der Waals surface area contributed by atoms with Gasteiger partial charge in [0, 0.05) is 28.2 Å². The molecule has 0 radical (unpaired) electrons. The molecule has 0 amide bonds. The van der Waals surface area contributed by atoms with Gasteiger partial charge in [-0.15, -0.1) is 11.3 Å². The number of hydrogen-bond donors (Lipinski definition) is 1. The van der Waals surface area contributed by atoms with Crippen molar-refractivity contribution in [3.8, 4) is 10.7 Å². The predicted octanol–water partition coefficient (Wildman–Crippen LogP) is 4.99. The van der Waals surface area contributed by atoms with Crippen LogP contribution in [0.5, 0.6) is 0 Å². The van der Waals surface area contributed by atoms with Gasteiger partial charge in [0.25, 0.3) is 0 Å². The van der Waals surface area contributed by atoms with E-state index in [0.29, 0.717) is 5.92 Å². The summed E-state index contributed by atoms with van der Waals surface area (Å²) in [5.74, 6) is 2.33. The Kier molecular flexibility index (Phi) is 5.54. The van der Waals surface area contributed by atoms with E-state index in [9.17, 15) is 0 Å². The fourth-order valence-corrected chi connectivity index (χ4v) is 3.26. The molecule has 0 bridgehead atoms. The van der Waals surface area contributed by atoms with Crippen molar-refractivity contribution in [2.75, 3.05) is 11.9 Å². The van der Waals surface area contributed by atoms with Crippen LogP contribution < -0.4 is 5.32 Å². The van der Waals surface area contributed by atoms with E-state index in [4.69, 9.17) is 4.98 Å². The fourth-order valence-electron chi connectivity index (χ4n) is 1.90. The van der Waals surface area contributed by atoms with Crippen molar-refractivity contribution in [3.05, 3.63) is 27.7 Å². The molecule has 3 nitrogen and oxygen atoms in total. The largest absolute Gasteiger partial charge is 0.370 e. The summed E-state index contributed by atoms with van der Waals surface area (Å²) in [5.41, 5.74) is 1.10. The topological polar surface area (TPSA) is 37.8 Å². The lowest BCUT2D eigenvalue weighted by Crippen LogP contribution is -2.06. The van der Waals surface area contributed by atoms with E-state index in [-0.39, 0.29) is 0 Å². The minimum Gasteiger partial charge on any atom is -0.370 e. The lowest BCUT2D eigenvalue weighted by molar-refractivity contribution is 0.635. The summed E-state index contributed by atoms with van der Waals surface area (Å²) in [6.45, 7) is 7.51. The maximum Gasteiger partial charge on any atom is 0.171 e. The zero-order valence-electron chi connectivity index (χ0n) is 12.1. The first-order valence-corrected chi connectivity index (χ1v) is 8.62. The van der Waals surface area contributed by atoms with Crippen molar-refractivity contribution in [3.63, 3.8) is 0 Å². The lowest BCUT2D eigenvalue weighted by Gasteiger charge is -2.10. The van der Waals surface area contributed by atoms with Crippen LogP contribution in [-0.4, -0.2) is 16.5 Å². The van der Waals surface area contributed by atoms with E-state index >= 15 is 0 Å². The van der Waals surface area contributed by atoms with Crippen LogP contribution in [0.25, 0.3) is 10.7 Å². The van der Waals surface area contributed by atoms with Crippen LogP contribution in [0.4, 0.5) is 5.82 Å². The quantitative estimate of drug-likeness (QED) is 0.794. The number of thiophene rings is 1. The van der Waals surface area contributed by atoms with Crippen LogP contribution in [0.1, 0.15) is 32.9 Å². The Morgan fingerprint density at radius 3 is 2.70 bits per heavy atom. The highest BCUT2D eigenvalue weighted by Gasteiger charge is 2.10. The Labute approximate surface area is 133 Å². The molecule has 0 fully saturated rings. The van der Waals surface area contributed by atoms with Crippen LogP contribution in [-0.2, 0) is 6.42 Å². The molecule has 0 aromatic carbocycles. The van der Waals surface area contributed by atoms with E-state index in [2.05, 4.69) is 64.5 Å². The van der Waals surface area contributed by atoms with E-state index in [1.54, 1.807) is 11.3 Å². The Morgan fingerprint density at radius 2 is 2.10 bits per heavy atom. The van der Waals surface area contributed by atoms with Gasteiger partial charge < -0.3 is 5.32 Å². The van der Waals surface area contributed by atoms with E-state index < -0.39 is 0 Å². The van der Waals surface area contributed by atoms with Crippen LogP contribution in [0, 0.1) is 5.92 Å². The van der Waals surface area contributed by atoms with Gasteiger partial charge >= 0.3 is 0 Å². The maximum atomic E-state index is 4.70. The van der Waals surface area contributed by atoms with Gasteiger partial charge in [0.1, 0.15) is 5.82 Å². The average Bonchev–Trinajstić information content (AvgIpc) is 2.82. The van der Waals surface area contributed by atoms with Crippen molar-refractivity contribution >= 4 is 33.1 Å². The Hall–Kier alpha value is -0.940. The molecular weight excluding hydrogens is 334 g/mol. The molecule has 0 atom stereocenters. The molecule has 2 rings (SSSR count). The molecule has 2 heterocycles. The molecule has 0 saturated carbocycles. The van der Waals surface area contributed by atoms with Gasteiger partial charge in [0.05, 0.1) is 4.88 Å². The zero-order chi connectivity index (χ0) is 14.5. The highest BCUT2D eigenvalue weighted by Crippen LogP contribution is 2.28. The van der Waals surface area contributed by atoms with Crippen molar-refractivity contribution in [2.24, 2.45) is 5.92 Å². The van der Waals surface area contributed by atoms with Crippen LogP contribution in [0.2, 0.25) is 0 Å². The number of anilines is 1. The van der Waals surface area contributed by atoms with Gasteiger partial charge in [-0.2, -0.15) is 0 Å². The standard InChI is InChI=1S/C15H20BrN3S/c1-4-5-17-14-8-12(6-10(2)3)18-15(19-14)13-7-11(16)9-20-13/h7-10H,4-6H2,1-3H3,(H,17,18,19). The smallest absolute Gasteiger partial charge is 0.171 e. The number of aromatic nitrogens is 2. The number of rotatable bonds is 6. The van der Waals surface area contributed by atoms with Gasteiger partial charge in [-0.3, -0.25) is 0 Å². The summed E-state index contributed by atoms with van der Waals surface area (Å²) < 4.78 is 1.08. The number of halogens is 1. The van der Waals surface area contributed by atoms with Gasteiger partial charge in [0.15, 0.2) is 5.82 Å². The summed E-state index contributed by atoms with van der Waals surface area (Å²) in [6, 6.07) is 4.14. The molecule has 0 aliphatic heterocycles. The molecule has 2 aromatic heterocycles. The minimum absolute atomic E-state index is 0.590. The second-order valence-corrected chi connectivity index (χ2v) is 7.05. The second-order valence-electron chi connectivity index (χ2n) is 5.22. The average molecular weight is 354 g/mol. The first kappa shape index (κ1) is 15.4. The molecule has 20 heavy (non-hydrogen) atoms. The molecule has 0 aliphatic rings. The van der Waals surface area contributed by atoms with Gasteiger partial charge in [0.2, 0.25) is 0 Å². The Balaban J connectivity index is 2.34. The summed E-state index contributed by atoms with van der Waals surface area (Å²) in [6.07, 6.45) is 2.06. The summed E-state index contributed by atoms with van der Waals surface area (Å²) in [5, 5.41) is 5.43. The highest BCUT2D eigenvalue weighted by molar-refractivity contribution is 9.10. The highest BCUT2D eigenvalue weighted by atomic mass is 79.9. The van der Waals surface area contributed by atoms with Crippen LogP contribution in [0.15, 0.2) is 22.0 Å². The Morgan fingerprint density at radius 1 is 1.30 bits per heavy atom. The summed E-state index contributed by atoms with van der Waals surface area (Å²) in [4.78, 5) is 10.4. The Bertz CT molecular complexity index is 566. The molecule has 2 aromatic rings. The first-order chi connectivity index (χ1) is 9.58. The monoisotopic (exact) mass is 353 g/mol. The molecule has 0 unspecified atom stereocenters. The maximum absolute atomic E-state index is 4.70. The van der Waals surface area contributed by atoms with Crippen LogP contribution >= 0.6 is 27.3 Å². The molecule has 5 heteroatoms. The van der Waals surface area contributed by atoms with Crippen molar-refractivity contribution in [1.29, 1.82) is 0 Å². The molecule has 108 valence electrons. The third-order valence-corrected chi connectivity index (χ3v) is 4.43. The third kappa shape index (κ3) is 4.28. The number of nitrogens with zero attached hydrogens (tertiary/aromatic N) is 2. The van der Waals surface area contributed by atoms with E-state index in [1.165, 1.54) is 0 Å². The molecule has 0 spiro atoms. The SMILES string of the molecule is CCCNc1cc(CC(C)C)nc(-c2cc(Br)cs2)n1. The molecule has 0 saturated heterocycles. The van der Waals surface area contributed by atoms with E-state index in [1.807, 2.05) is 0 Å². The van der Waals surface area contributed by atoms with Crippen molar-refractivity contribution < 1.29 is 0 Å². The predicted molar refractivity (Wildman–Crippen MR) is 90.4 cm³/mol. The first-order valence-electron chi connectivity index (χ1n) is 6.94. The zero-order valence-corrected chi connectivity index (χ0v) is 14.5. The number of nitrogens with one attached hydrogen (secondary N) is 1. The summed E-state index contributed by atoms with van der Waals surface area (Å²) in [7, 11) is 0. The lowest BCUT2D eigenvalue weighted by atomic mass is 10.1. The third-order valence-electron chi connectivity index (χ3n) is 2.74. The van der Waals surface area contributed by atoms with Gasteiger partial charge in [-0.25, -0.2) is 9.97 Å². The van der Waals surface area contributed by atoms with Gasteiger partial charge in [-0.1, -0.05) is 20.8 Å². The van der Waals surface area contributed by atoms with Crippen LogP contribution in [0.3, 0.4) is 0 Å². The minimum atomic E-state index is 0.590. The second kappa shape index (κ2) is 7.18. The van der Waals surface area contributed by atoms with Crippen molar-refractivity contribution in [2.45, 2.75) is 33.6 Å².